The standard InChI is InChI=1S/C14H23N3OS/c1-10(2)12(17-14-15-8-9-19-14)13(18)16-11-6-4-3-5-7-11/h8-12H,3-7H2,1-2H3,(H,15,17)(H,16,18)/t12-/m0/s1. The molecule has 1 fully saturated rings. The van der Waals surface area contributed by atoms with Gasteiger partial charge in [0.15, 0.2) is 5.13 Å². The molecule has 1 aliphatic rings. The second-order valence-corrected chi connectivity index (χ2v) is 6.44. The lowest BCUT2D eigenvalue weighted by atomic mass is 9.94. The van der Waals surface area contributed by atoms with Gasteiger partial charge in [0.1, 0.15) is 6.04 Å². The molecule has 4 nitrogen and oxygen atoms in total. The Labute approximate surface area is 119 Å². The quantitative estimate of drug-likeness (QED) is 0.872. The average molecular weight is 281 g/mol. The summed E-state index contributed by atoms with van der Waals surface area (Å²) in [4.78, 5) is 16.6. The summed E-state index contributed by atoms with van der Waals surface area (Å²) in [5, 5.41) is 9.16. The van der Waals surface area contributed by atoms with Crippen LogP contribution in [0.3, 0.4) is 0 Å². The molecule has 0 radical (unpaired) electrons. The highest BCUT2D eigenvalue weighted by molar-refractivity contribution is 7.13. The Morgan fingerprint density at radius 1 is 1.37 bits per heavy atom. The van der Waals surface area contributed by atoms with Crippen LogP contribution < -0.4 is 10.6 Å². The summed E-state index contributed by atoms with van der Waals surface area (Å²) in [6, 6.07) is 0.161. The molecule has 1 atom stereocenters. The van der Waals surface area contributed by atoms with Crippen LogP contribution in [0.4, 0.5) is 5.13 Å². The number of carbonyl (C=O) groups excluding carboxylic acids is 1. The van der Waals surface area contributed by atoms with Gasteiger partial charge in [-0.05, 0) is 18.8 Å². The predicted molar refractivity (Wildman–Crippen MR) is 79.4 cm³/mol. The van der Waals surface area contributed by atoms with Crippen LogP contribution in [0.5, 0.6) is 0 Å². The summed E-state index contributed by atoms with van der Waals surface area (Å²) < 4.78 is 0. The molecule has 1 aromatic heterocycles. The molecule has 1 aliphatic carbocycles. The minimum absolute atomic E-state index is 0.108. The summed E-state index contributed by atoms with van der Waals surface area (Å²) in [5.74, 6) is 0.351. The lowest BCUT2D eigenvalue weighted by Gasteiger charge is -2.27. The summed E-state index contributed by atoms with van der Waals surface area (Å²) in [7, 11) is 0. The summed E-state index contributed by atoms with van der Waals surface area (Å²) in [6.07, 6.45) is 7.76. The molecule has 0 bridgehead atoms. The SMILES string of the molecule is CC(C)[C@H](Nc1nccs1)C(=O)NC1CCCCC1. The van der Waals surface area contributed by atoms with Crippen molar-refractivity contribution in [2.45, 2.75) is 58.0 Å². The first kappa shape index (κ1) is 14.3. The Morgan fingerprint density at radius 2 is 2.11 bits per heavy atom. The number of hydrogen-bond acceptors (Lipinski definition) is 4. The van der Waals surface area contributed by atoms with Crippen molar-refractivity contribution in [1.82, 2.24) is 10.3 Å². The van der Waals surface area contributed by atoms with E-state index < -0.39 is 0 Å². The first-order chi connectivity index (χ1) is 9.16. The van der Waals surface area contributed by atoms with Gasteiger partial charge in [0.2, 0.25) is 5.91 Å². The van der Waals surface area contributed by atoms with E-state index in [1.807, 2.05) is 5.38 Å². The molecule has 106 valence electrons. The normalized spacial score (nSPS) is 18.3. The monoisotopic (exact) mass is 281 g/mol. The molecule has 0 unspecified atom stereocenters. The Morgan fingerprint density at radius 3 is 2.68 bits per heavy atom. The third-order valence-electron chi connectivity index (χ3n) is 3.61. The van der Waals surface area contributed by atoms with Crippen LogP contribution >= 0.6 is 11.3 Å². The predicted octanol–water partition coefficient (Wildman–Crippen LogP) is 3.03. The number of hydrogen-bond donors (Lipinski definition) is 2. The van der Waals surface area contributed by atoms with Crippen LogP contribution in [0.2, 0.25) is 0 Å². The number of amides is 1. The molecule has 1 aromatic rings. The number of rotatable bonds is 5. The molecule has 1 amide bonds. The molecule has 0 aromatic carbocycles. The molecule has 1 saturated carbocycles. The summed E-state index contributed by atoms with van der Waals surface area (Å²) >= 11 is 1.53. The zero-order valence-corrected chi connectivity index (χ0v) is 12.5. The molecule has 1 heterocycles. The molecule has 2 N–H and O–H groups in total. The number of nitrogens with one attached hydrogen (secondary N) is 2. The van der Waals surface area contributed by atoms with Crippen LogP contribution in [-0.4, -0.2) is 23.0 Å². The van der Waals surface area contributed by atoms with Crippen LogP contribution in [-0.2, 0) is 4.79 Å². The number of carbonyl (C=O) groups is 1. The number of nitrogens with zero attached hydrogens (tertiary/aromatic N) is 1. The molecule has 5 heteroatoms. The van der Waals surface area contributed by atoms with Crippen molar-refractivity contribution in [2.75, 3.05) is 5.32 Å². The second-order valence-electron chi connectivity index (χ2n) is 5.55. The number of thiazole rings is 1. The van der Waals surface area contributed by atoms with Crippen molar-refractivity contribution in [3.63, 3.8) is 0 Å². The maximum Gasteiger partial charge on any atom is 0.243 e. The zero-order chi connectivity index (χ0) is 13.7. The van der Waals surface area contributed by atoms with E-state index in [0.717, 1.165) is 18.0 Å². The largest absolute Gasteiger partial charge is 0.352 e. The highest BCUT2D eigenvalue weighted by Gasteiger charge is 2.25. The van der Waals surface area contributed by atoms with E-state index in [9.17, 15) is 4.79 Å². The van der Waals surface area contributed by atoms with Gasteiger partial charge >= 0.3 is 0 Å². The third-order valence-corrected chi connectivity index (χ3v) is 4.32. The van der Waals surface area contributed by atoms with Gasteiger partial charge in [-0.15, -0.1) is 11.3 Å². The van der Waals surface area contributed by atoms with Crippen molar-refractivity contribution in [1.29, 1.82) is 0 Å². The highest BCUT2D eigenvalue weighted by atomic mass is 32.1. The van der Waals surface area contributed by atoms with E-state index in [2.05, 4.69) is 29.5 Å². The fourth-order valence-corrected chi connectivity index (χ4v) is 3.07. The van der Waals surface area contributed by atoms with Crippen LogP contribution in [0, 0.1) is 5.92 Å². The first-order valence-electron chi connectivity index (χ1n) is 7.13. The van der Waals surface area contributed by atoms with Crippen LogP contribution in [0.25, 0.3) is 0 Å². The van der Waals surface area contributed by atoms with Crippen molar-refractivity contribution in [2.24, 2.45) is 5.92 Å². The number of anilines is 1. The molecular formula is C14H23N3OS. The average Bonchev–Trinajstić information content (AvgIpc) is 2.89. The van der Waals surface area contributed by atoms with Gasteiger partial charge in [0, 0.05) is 17.6 Å². The minimum atomic E-state index is -0.201. The Kier molecular flexibility index (Phi) is 5.19. The molecule has 0 aliphatic heterocycles. The maximum atomic E-state index is 12.4. The molecule has 0 saturated heterocycles. The molecule has 19 heavy (non-hydrogen) atoms. The lowest BCUT2D eigenvalue weighted by Crippen LogP contribution is -2.47. The van der Waals surface area contributed by atoms with E-state index in [-0.39, 0.29) is 17.9 Å². The van der Waals surface area contributed by atoms with E-state index in [4.69, 9.17) is 0 Å². The van der Waals surface area contributed by atoms with E-state index in [1.165, 1.54) is 30.6 Å². The van der Waals surface area contributed by atoms with Crippen molar-refractivity contribution >= 4 is 22.4 Å². The fraction of sp³-hybridized carbons (Fsp3) is 0.714. The van der Waals surface area contributed by atoms with Crippen LogP contribution in [0.15, 0.2) is 11.6 Å². The molecular weight excluding hydrogens is 258 g/mol. The third kappa shape index (κ3) is 4.20. The Balaban J connectivity index is 1.92. The van der Waals surface area contributed by atoms with Crippen molar-refractivity contribution in [3.05, 3.63) is 11.6 Å². The Bertz CT molecular complexity index is 385. The van der Waals surface area contributed by atoms with Crippen LogP contribution in [0.1, 0.15) is 46.0 Å². The Hall–Kier alpha value is -1.10. The minimum Gasteiger partial charge on any atom is -0.352 e. The van der Waals surface area contributed by atoms with Crippen molar-refractivity contribution in [3.8, 4) is 0 Å². The zero-order valence-electron chi connectivity index (χ0n) is 11.7. The second kappa shape index (κ2) is 6.89. The lowest BCUT2D eigenvalue weighted by molar-refractivity contribution is -0.123. The topological polar surface area (TPSA) is 54.0 Å². The smallest absolute Gasteiger partial charge is 0.243 e. The van der Waals surface area contributed by atoms with Gasteiger partial charge in [0.25, 0.3) is 0 Å². The van der Waals surface area contributed by atoms with Gasteiger partial charge in [-0.3, -0.25) is 4.79 Å². The van der Waals surface area contributed by atoms with E-state index in [1.54, 1.807) is 6.20 Å². The fourth-order valence-electron chi connectivity index (χ4n) is 2.50. The van der Waals surface area contributed by atoms with Gasteiger partial charge in [-0.25, -0.2) is 4.98 Å². The van der Waals surface area contributed by atoms with E-state index in [0.29, 0.717) is 6.04 Å². The summed E-state index contributed by atoms with van der Waals surface area (Å²) in [6.45, 7) is 4.12. The van der Waals surface area contributed by atoms with E-state index >= 15 is 0 Å². The molecule has 2 rings (SSSR count). The van der Waals surface area contributed by atoms with Gasteiger partial charge in [-0.1, -0.05) is 33.1 Å². The first-order valence-corrected chi connectivity index (χ1v) is 8.01. The van der Waals surface area contributed by atoms with Gasteiger partial charge < -0.3 is 10.6 Å². The maximum absolute atomic E-state index is 12.4. The summed E-state index contributed by atoms with van der Waals surface area (Å²) in [5.41, 5.74) is 0. The van der Waals surface area contributed by atoms with Gasteiger partial charge in [0.05, 0.1) is 0 Å². The van der Waals surface area contributed by atoms with Gasteiger partial charge in [-0.2, -0.15) is 0 Å². The highest BCUT2D eigenvalue weighted by Crippen LogP contribution is 2.19. The van der Waals surface area contributed by atoms with Crippen molar-refractivity contribution < 1.29 is 4.79 Å². The molecule has 0 spiro atoms. The number of aromatic nitrogens is 1.